The first kappa shape index (κ1) is 14.8. The van der Waals surface area contributed by atoms with Crippen LogP contribution in [0.4, 0.5) is 5.69 Å². The molecule has 2 N–H and O–H groups in total. The fraction of sp³-hybridized carbons (Fsp3) is 0.429. The second kappa shape index (κ2) is 6.72. The van der Waals surface area contributed by atoms with Gasteiger partial charge in [-0.15, -0.1) is 0 Å². The maximum absolute atomic E-state index is 5.99. The summed E-state index contributed by atoms with van der Waals surface area (Å²) in [5, 5.41) is 4.47. The molecule has 0 radical (unpaired) electrons. The van der Waals surface area contributed by atoms with Crippen LogP contribution < -0.4 is 5.73 Å². The van der Waals surface area contributed by atoms with Crippen LogP contribution in [0.1, 0.15) is 38.6 Å². The van der Waals surface area contributed by atoms with E-state index in [0.717, 1.165) is 18.4 Å². The predicted molar refractivity (Wildman–Crippen MR) is 78.4 cm³/mol. The van der Waals surface area contributed by atoms with E-state index < -0.39 is 0 Å². The van der Waals surface area contributed by atoms with Gasteiger partial charge in [0.2, 0.25) is 5.82 Å². The van der Waals surface area contributed by atoms with Crippen LogP contribution in [0.5, 0.6) is 0 Å². The van der Waals surface area contributed by atoms with Crippen LogP contribution in [0.2, 0.25) is 5.02 Å². The number of ether oxygens (including phenoxy) is 1. The summed E-state index contributed by atoms with van der Waals surface area (Å²) in [5.74, 6) is 0.986. The molecule has 1 atom stereocenters. The van der Waals surface area contributed by atoms with Gasteiger partial charge in [-0.1, -0.05) is 30.1 Å². The lowest BCUT2D eigenvalue weighted by molar-refractivity contribution is 0.0478. The van der Waals surface area contributed by atoms with Gasteiger partial charge in [-0.3, -0.25) is 0 Å². The Labute approximate surface area is 123 Å². The van der Waals surface area contributed by atoms with Crippen molar-refractivity contribution in [1.82, 2.24) is 10.1 Å². The quantitative estimate of drug-likeness (QED) is 0.819. The largest absolute Gasteiger partial charge is 0.398 e. The van der Waals surface area contributed by atoms with Crippen molar-refractivity contribution in [1.29, 1.82) is 0 Å². The van der Waals surface area contributed by atoms with E-state index in [0.29, 0.717) is 29.0 Å². The van der Waals surface area contributed by atoms with Crippen molar-refractivity contribution in [3.63, 3.8) is 0 Å². The summed E-state index contributed by atoms with van der Waals surface area (Å²) in [4.78, 5) is 4.39. The van der Waals surface area contributed by atoms with Gasteiger partial charge in [0.15, 0.2) is 0 Å². The fourth-order valence-corrected chi connectivity index (χ4v) is 2.07. The highest BCUT2D eigenvalue weighted by Crippen LogP contribution is 2.28. The summed E-state index contributed by atoms with van der Waals surface area (Å²) in [6.07, 6.45) is 1.71. The zero-order valence-corrected chi connectivity index (χ0v) is 12.4. The summed E-state index contributed by atoms with van der Waals surface area (Å²) in [6, 6.07) is 5.23. The van der Waals surface area contributed by atoms with Crippen LogP contribution in [-0.2, 0) is 4.74 Å². The Kier molecular flexibility index (Phi) is 4.98. The standard InChI is InChI=1S/C14H18ClN3O2/c1-3-5-12(19-4-2)13-17-14(20-18-13)9-6-7-11(16)10(15)8-9/h6-8,12H,3-5,16H2,1-2H3. The third kappa shape index (κ3) is 3.29. The first-order chi connectivity index (χ1) is 9.65. The Balaban J connectivity index is 2.24. The van der Waals surface area contributed by atoms with Crippen molar-refractivity contribution in [2.24, 2.45) is 0 Å². The highest BCUT2D eigenvalue weighted by Gasteiger charge is 2.18. The molecule has 2 aromatic rings. The Morgan fingerprint density at radius 3 is 2.85 bits per heavy atom. The molecular formula is C14H18ClN3O2. The van der Waals surface area contributed by atoms with Gasteiger partial charge in [0.05, 0.1) is 10.7 Å². The highest BCUT2D eigenvalue weighted by atomic mass is 35.5. The Hall–Kier alpha value is -1.59. The van der Waals surface area contributed by atoms with Crippen LogP contribution >= 0.6 is 11.6 Å². The minimum absolute atomic E-state index is 0.133. The summed E-state index contributed by atoms with van der Waals surface area (Å²) >= 11 is 5.99. The van der Waals surface area contributed by atoms with Gasteiger partial charge in [-0.25, -0.2) is 0 Å². The molecule has 0 saturated carbocycles. The molecule has 0 spiro atoms. The van der Waals surface area contributed by atoms with E-state index in [2.05, 4.69) is 17.1 Å². The van der Waals surface area contributed by atoms with Gasteiger partial charge in [-0.05, 0) is 31.5 Å². The average molecular weight is 296 g/mol. The topological polar surface area (TPSA) is 74.2 Å². The first-order valence-electron chi connectivity index (χ1n) is 6.66. The Morgan fingerprint density at radius 1 is 1.40 bits per heavy atom. The molecular weight excluding hydrogens is 278 g/mol. The van der Waals surface area contributed by atoms with Crippen molar-refractivity contribution in [2.75, 3.05) is 12.3 Å². The molecule has 0 aliphatic carbocycles. The fourth-order valence-electron chi connectivity index (χ4n) is 1.89. The number of halogens is 1. The molecule has 5 nitrogen and oxygen atoms in total. The second-order valence-corrected chi connectivity index (χ2v) is 4.83. The van der Waals surface area contributed by atoms with E-state index in [1.54, 1.807) is 18.2 Å². The van der Waals surface area contributed by atoms with Crippen LogP contribution in [-0.4, -0.2) is 16.7 Å². The molecule has 1 aromatic carbocycles. The third-order valence-corrected chi connectivity index (χ3v) is 3.22. The number of nitrogens with two attached hydrogens (primary N) is 1. The Bertz CT molecular complexity index is 565. The SMILES string of the molecule is CCCC(OCC)c1noc(-c2ccc(N)c(Cl)c2)n1. The monoisotopic (exact) mass is 295 g/mol. The lowest BCUT2D eigenvalue weighted by Gasteiger charge is -2.11. The summed E-state index contributed by atoms with van der Waals surface area (Å²) < 4.78 is 10.9. The molecule has 6 heteroatoms. The summed E-state index contributed by atoms with van der Waals surface area (Å²) in [7, 11) is 0. The molecule has 0 aliphatic rings. The summed E-state index contributed by atoms with van der Waals surface area (Å²) in [5.41, 5.74) is 6.95. The minimum atomic E-state index is -0.133. The normalized spacial score (nSPS) is 12.6. The van der Waals surface area contributed by atoms with Crippen LogP contribution in [0.25, 0.3) is 11.5 Å². The highest BCUT2D eigenvalue weighted by molar-refractivity contribution is 6.33. The van der Waals surface area contributed by atoms with Gasteiger partial charge < -0.3 is 15.0 Å². The van der Waals surface area contributed by atoms with Crippen molar-refractivity contribution >= 4 is 17.3 Å². The van der Waals surface area contributed by atoms with Crippen molar-refractivity contribution < 1.29 is 9.26 Å². The van der Waals surface area contributed by atoms with Crippen molar-refractivity contribution in [2.45, 2.75) is 32.8 Å². The number of hydrogen-bond acceptors (Lipinski definition) is 5. The van der Waals surface area contributed by atoms with E-state index in [1.807, 2.05) is 6.92 Å². The first-order valence-corrected chi connectivity index (χ1v) is 7.04. The van der Waals surface area contributed by atoms with Crippen LogP contribution in [0.15, 0.2) is 22.7 Å². The van der Waals surface area contributed by atoms with Gasteiger partial charge in [0, 0.05) is 12.2 Å². The van der Waals surface area contributed by atoms with Gasteiger partial charge in [0.1, 0.15) is 6.10 Å². The molecule has 0 saturated heterocycles. The molecule has 0 fully saturated rings. The number of aromatic nitrogens is 2. The van der Waals surface area contributed by atoms with E-state index in [-0.39, 0.29) is 6.10 Å². The molecule has 20 heavy (non-hydrogen) atoms. The molecule has 1 aromatic heterocycles. The van der Waals surface area contributed by atoms with E-state index >= 15 is 0 Å². The van der Waals surface area contributed by atoms with E-state index in [4.69, 9.17) is 26.6 Å². The second-order valence-electron chi connectivity index (χ2n) is 4.43. The van der Waals surface area contributed by atoms with Crippen LogP contribution in [0.3, 0.4) is 0 Å². The average Bonchev–Trinajstić information content (AvgIpc) is 2.91. The van der Waals surface area contributed by atoms with Gasteiger partial charge in [0.25, 0.3) is 5.89 Å². The van der Waals surface area contributed by atoms with Gasteiger partial charge in [-0.2, -0.15) is 4.98 Å². The third-order valence-electron chi connectivity index (χ3n) is 2.90. The predicted octanol–water partition coefficient (Wildman–Crippen LogP) is 3.85. The maximum Gasteiger partial charge on any atom is 0.258 e. The smallest absolute Gasteiger partial charge is 0.258 e. The summed E-state index contributed by atoms with van der Waals surface area (Å²) in [6.45, 7) is 4.65. The number of nitrogen functional groups attached to an aromatic ring is 1. The number of hydrogen-bond donors (Lipinski definition) is 1. The zero-order chi connectivity index (χ0) is 14.5. The van der Waals surface area contributed by atoms with Crippen LogP contribution in [0, 0.1) is 0 Å². The molecule has 108 valence electrons. The van der Waals surface area contributed by atoms with E-state index in [9.17, 15) is 0 Å². The lowest BCUT2D eigenvalue weighted by atomic mass is 10.2. The number of rotatable bonds is 6. The molecule has 2 rings (SSSR count). The number of nitrogens with zero attached hydrogens (tertiary/aromatic N) is 2. The minimum Gasteiger partial charge on any atom is -0.398 e. The molecule has 1 unspecified atom stereocenters. The van der Waals surface area contributed by atoms with E-state index in [1.165, 1.54) is 0 Å². The zero-order valence-electron chi connectivity index (χ0n) is 11.6. The van der Waals surface area contributed by atoms with Crippen molar-refractivity contribution in [3.05, 3.63) is 29.0 Å². The molecule has 1 heterocycles. The van der Waals surface area contributed by atoms with Gasteiger partial charge >= 0.3 is 0 Å². The Morgan fingerprint density at radius 2 is 2.20 bits per heavy atom. The maximum atomic E-state index is 5.99. The number of benzene rings is 1. The van der Waals surface area contributed by atoms with Crippen molar-refractivity contribution in [3.8, 4) is 11.5 Å². The molecule has 0 bridgehead atoms. The molecule has 0 aliphatic heterocycles. The number of anilines is 1. The lowest BCUT2D eigenvalue weighted by Crippen LogP contribution is -2.05. The molecule has 0 amide bonds.